The third kappa shape index (κ3) is 8.75. The van der Waals surface area contributed by atoms with Gasteiger partial charge in [0.1, 0.15) is 11.6 Å². The summed E-state index contributed by atoms with van der Waals surface area (Å²) in [4.78, 5) is 29.2. The van der Waals surface area contributed by atoms with Crippen LogP contribution in [0.2, 0.25) is 0 Å². The average molecular weight is 737 g/mol. The summed E-state index contributed by atoms with van der Waals surface area (Å²) >= 11 is 1.31. The van der Waals surface area contributed by atoms with Crippen LogP contribution in [-0.2, 0) is 20.4 Å². The lowest BCUT2D eigenvalue weighted by Crippen LogP contribution is -2.42. The summed E-state index contributed by atoms with van der Waals surface area (Å²) in [5.74, 6) is 1.35. The van der Waals surface area contributed by atoms with E-state index >= 15 is 0 Å². The summed E-state index contributed by atoms with van der Waals surface area (Å²) in [5, 5.41) is 21.6. The standard InChI is InChI=1S/C41H52N8O3S/c1-7-40(3,4)29-19-24-34(33(28-29)41(5,6)8-2)52-27-15-18-35(50)42-30-20-22-32(23-21-30)48-38(51)36(37(44-48)47-25-13-10-14-26-47)53-39-43-45-46-49(39)31-16-11-9-12-17-31/h9,11-12,16-17,19-24,28,36H,7-8,10,13-15,18,25-27H2,1-6H3,(H,42,50). The average Bonchev–Trinajstić information content (AvgIpc) is 3.78. The first kappa shape index (κ1) is 38.0. The molecule has 53 heavy (non-hydrogen) atoms. The molecule has 280 valence electrons. The fourth-order valence-corrected chi connectivity index (χ4v) is 7.52. The zero-order valence-electron chi connectivity index (χ0n) is 31.8. The molecule has 12 heteroatoms. The number of carbonyl (C=O) groups is 2. The molecule has 1 fully saturated rings. The lowest BCUT2D eigenvalue weighted by atomic mass is 9.76. The Kier molecular flexibility index (Phi) is 11.9. The quantitative estimate of drug-likeness (QED) is 0.129. The summed E-state index contributed by atoms with van der Waals surface area (Å²) in [6, 6.07) is 23.5. The molecule has 0 aliphatic carbocycles. The van der Waals surface area contributed by atoms with Crippen molar-refractivity contribution in [2.24, 2.45) is 5.10 Å². The number of hydrogen-bond donors (Lipinski definition) is 1. The van der Waals surface area contributed by atoms with E-state index in [0.717, 1.165) is 56.6 Å². The van der Waals surface area contributed by atoms with Gasteiger partial charge in [0, 0.05) is 30.8 Å². The minimum Gasteiger partial charge on any atom is -0.493 e. The Morgan fingerprint density at radius 2 is 1.62 bits per heavy atom. The number of aromatic nitrogens is 4. The number of ether oxygens (including phenoxy) is 1. The van der Waals surface area contributed by atoms with E-state index in [1.165, 1.54) is 27.9 Å². The van der Waals surface area contributed by atoms with Gasteiger partial charge in [-0.3, -0.25) is 9.59 Å². The molecular weight excluding hydrogens is 685 g/mol. The Morgan fingerprint density at radius 3 is 2.32 bits per heavy atom. The Bertz CT molecular complexity index is 1900. The normalized spacial score (nSPS) is 16.5. The van der Waals surface area contributed by atoms with Crippen molar-refractivity contribution in [1.29, 1.82) is 0 Å². The number of para-hydroxylation sites is 1. The first-order valence-corrected chi connectivity index (χ1v) is 19.7. The van der Waals surface area contributed by atoms with Crippen LogP contribution in [0.1, 0.15) is 97.6 Å². The molecular formula is C41H52N8O3S. The predicted molar refractivity (Wildman–Crippen MR) is 212 cm³/mol. The van der Waals surface area contributed by atoms with Gasteiger partial charge in [-0.15, -0.1) is 5.10 Å². The molecule has 2 aliphatic rings. The second kappa shape index (κ2) is 16.5. The molecule has 2 aliphatic heterocycles. The lowest BCUT2D eigenvalue weighted by Gasteiger charge is -2.30. The Labute approximate surface area is 317 Å². The van der Waals surface area contributed by atoms with E-state index in [1.54, 1.807) is 4.68 Å². The summed E-state index contributed by atoms with van der Waals surface area (Å²) in [7, 11) is 0. The third-order valence-corrected chi connectivity index (χ3v) is 11.8. The topological polar surface area (TPSA) is 118 Å². The van der Waals surface area contributed by atoms with Crippen LogP contribution in [0.25, 0.3) is 5.69 Å². The monoisotopic (exact) mass is 736 g/mol. The number of hydrogen-bond acceptors (Lipinski definition) is 9. The van der Waals surface area contributed by atoms with Crippen molar-refractivity contribution in [3.05, 3.63) is 83.9 Å². The second-order valence-corrected chi connectivity index (χ2v) is 16.2. The Balaban J connectivity index is 1.08. The van der Waals surface area contributed by atoms with Gasteiger partial charge in [0.15, 0.2) is 5.25 Å². The van der Waals surface area contributed by atoms with Crippen molar-refractivity contribution >= 4 is 40.8 Å². The lowest BCUT2D eigenvalue weighted by molar-refractivity contribution is -0.117. The Morgan fingerprint density at radius 1 is 0.906 bits per heavy atom. The van der Waals surface area contributed by atoms with Crippen LogP contribution < -0.4 is 15.1 Å². The summed E-state index contributed by atoms with van der Waals surface area (Å²) in [6.07, 6.45) is 6.22. The number of benzene rings is 3. The van der Waals surface area contributed by atoms with Gasteiger partial charge in [0.05, 0.1) is 18.0 Å². The number of nitrogens with zero attached hydrogens (tertiary/aromatic N) is 7. The largest absolute Gasteiger partial charge is 0.493 e. The fraction of sp³-hybridized carbons (Fsp3) is 0.463. The first-order chi connectivity index (χ1) is 25.5. The van der Waals surface area contributed by atoms with Crippen molar-refractivity contribution in [3.63, 3.8) is 0 Å². The highest BCUT2D eigenvalue weighted by Gasteiger charge is 2.42. The number of amidine groups is 1. The maximum Gasteiger partial charge on any atom is 0.268 e. The molecule has 4 aromatic rings. The van der Waals surface area contributed by atoms with E-state index in [9.17, 15) is 9.59 Å². The number of rotatable bonds is 14. The molecule has 0 saturated carbocycles. The molecule has 2 amide bonds. The van der Waals surface area contributed by atoms with Crippen molar-refractivity contribution in [2.45, 2.75) is 108 Å². The number of piperidine rings is 1. The third-order valence-electron chi connectivity index (χ3n) is 10.7. The molecule has 0 radical (unpaired) electrons. The van der Waals surface area contributed by atoms with Gasteiger partial charge in [0.25, 0.3) is 5.91 Å². The zero-order chi connectivity index (χ0) is 37.6. The van der Waals surface area contributed by atoms with Crippen LogP contribution >= 0.6 is 11.8 Å². The Hall–Kier alpha value is -4.71. The molecule has 1 unspecified atom stereocenters. The smallest absolute Gasteiger partial charge is 0.268 e. The number of anilines is 2. The van der Waals surface area contributed by atoms with Crippen LogP contribution in [0.3, 0.4) is 0 Å². The zero-order valence-corrected chi connectivity index (χ0v) is 32.7. The highest BCUT2D eigenvalue weighted by atomic mass is 32.2. The highest BCUT2D eigenvalue weighted by Crippen LogP contribution is 2.39. The minimum absolute atomic E-state index is 0.0285. The van der Waals surface area contributed by atoms with Crippen LogP contribution in [0.4, 0.5) is 11.4 Å². The number of carbonyl (C=O) groups excluding carboxylic acids is 2. The van der Waals surface area contributed by atoms with Gasteiger partial charge in [-0.1, -0.05) is 83.6 Å². The maximum atomic E-state index is 14.0. The molecule has 0 bridgehead atoms. The number of likely N-dealkylation sites (tertiary alicyclic amines) is 1. The predicted octanol–water partition coefficient (Wildman–Crippen LogP) is 8.14. The minimum atomic E-state index is -0.603. The molecule has 0 spiro atoms. The van der Waals surface area contributed by atoms with Gasteiger partial charge < -0.3 is 15.0 Å². The molecule has 11 nitrogen and oxygen atoms in total. The van der Waals surface area contributed by atoms with Crippen LogP contribution in [-0.4, -0.2) is 67.7 Å². The van der Waals surface area contributed by atoms with Gasteiger partial charge in [-0.25, -0.2) is 0 Å². The number of thioether (sulfide) groups is 1. The fourth-order valence-electron chi connectivity index (χ4n) is 6.48. The van der Waals surface area contributed by atoms with E-state index in [1.807, 2.05) is 54.6 Å². The molecule has 1 aromatic heterocycles. The molecule has 1 saturated heterocycles. The molecule has 1 N–H and O–H groups in total. The van der Waals surface area contributed by atoms with Gasteiger partial charge in [-0.05, 0) is 108 Å². The molecule has 3 heterocycles. The number of nitrogens with one attached hydrogen (secondary N) is 1. The van der Waals surface area contributed by atoms with Crippen molar-refractivity contribution in [3.8, 4) is 11.4 Å². The summed E-state index contributed by atoms with van der Waals surface area (Å²) in [6.45, 7) is 15.6. The van der Waals surface area contributed by atoms with Crippen LogP contribution in [0.15, 0.2) is 83.1 Å². The van der Waals surface area contributed by atoms with Crippen molar-refractivity contribution in [2.75, 3.05) is 30.0 Å². The van der Waals surface area contributed by atoms with Gasteiger partial charge in [0.2, 0.25) is 11.1 Å². The van der Waals surface area contributed by atoms with E-state index in [0.29, 0.717) is 41.8 Å². The summed E-state index contributed by atoms with van der Waals surface area (Å²) in [5.41, 5.74) is 4.69. The van der Waals surface area contributed by atoms with Gasteiger partial charge >= 0.3 is 0 Å². The van der Waals surface area contributed by atoms with Crippen LogP contribution in [0, 0.1) is 0 Å². The number of amides is 2. The summed E-state index contributed by atoms with van der Waals surface area (Å²) < 4.78 is 7.93. The number of hydrazone groups is 1. The first-order valence-electron chi connectivity index (χ1n) is 18.9. The van der Waals surface area contributed by atoms with E-state index in [2.05, 4.69) is 85.5 Å². The maximum absolute atomic E-state index is 14.0. The second-order valence-electron chi connectivity index (χ2n) is 15.1. The SMILES string of the molecule is CCC(C)(C)c1ccc(OCCCC(=O)Nc2ccc(N3N=C(N4CCCCC4)C(Sc4nnnn4-c4ccccc4)C3=O)cc2)c(C(C)(C)CC)c1. The highest BCUT2D eigenvalue weighted by molar-refractivity contribution is 8.01. The van der Waals surface area contributed by atoms with Crippen molar-refractivity contribution < 1.29 is 14.3 Å². The van der Waals surface area contributed by atoms with E-state index < -0.39 is 5.25 Å². The number of tetrazole rings is 1. The van der Waals surface area contributed by atoms with E-state index in [-0.39, 0.29) is 22.6 Å². The van der Waals surface area contributed by atoms with Crippen LogP contribution in [0.5, 0.6) is 5.75 Å². The molecule has 6 rings (SSSR count). The van der Waals surface area contributed by atoms with E-state index in [4.69, 9.17) is 9.84 Å². The van der Waals surface area contributed by atoms with Crippen molar-refractivity contribution in [1.82, 2.24) is 25.1 Å². The molecule has 3 aromatic carbocycles. The molecule has 1 atom stereocenters. The van der Waals surface area contributed by atoms with Gasteiger partial charge in [-0.2, -0.15) is 14.8 Å².